The van der Waals surface area contributed by atoms with Crippen molar-refractivity contribution >= 4 is 11.7 Å². The topological polar surface area (TPSA) is 94.5 Å². The Kier molecular flexibility index (Phi) is 5.52. The molecule has 124 valence electrons. The molecule has 1 aliphatic rings. The summed E-state index contributed by atoms with van der Waals surface area (Å²) in [5, 5.41) is 20.8. The molecule has 1 amide bonds. The van der Waals surface area contributed by atoms with Gasteiger partial charge in [0.05, 0.1) is 37.9 Å². The van der Waals surface area contributed by atoms with Gasteiger partial charge in [-0.3, -0.25) is 9.59 Å². The molecular formula is C17H23N2O4+. The number of carbonyl (C=O) groups excluding carboxylic acids is 2. The molecule has 0 unspecified atom stereocenters. The van der Waals surface area contributed by atoms with E-state index in [2.05, 4.69) is 0 Å². The van der Waals surface area contributed by atoms with Crippen molar-refractivity contribution in [1.29, 1.82) is 0 Å². The Morgan fingerprint density at radius 1 is 1.26 bits per heavy atom. The Bertz CT molecular complexity index is 622. The van der Waals surface area contributed by atoms with E-state index in [9.17, 15) is 14.7 Å². The van der Waals surface area contributed by atoms with Crippen LogP contribution in [0.1, 0.15) is 24.1 Å². The number of ketones is 1. The van der Waals surface area contributed by atoms with Gasteiger partial charge in [0.2, 0.25) is 0 Å². The van der Waals surface area contributed by atoms with Crippen molar-refractivity contribution in [3.05, 3.63) is 46.7 Å². The van der Waals surface area contributed by atoms with Gasteiger partial charge in [-0.15, -0.1) is 0 Å². The Hall–Kier alpha value is -2.18. The van der Waals surface area contributed by atoms with Crippen LogP contribution in [0.15, 0.2) is 35.6 Å². The SMILES string of the molecule is CC(=O)C1=C(O)C(=O)N(CC[NH2+]CCO)[C@@H]1c1ccc(C)cc1. The fourth-order valence-corrected chi connectivity index (χ4v) is 2.81. The molecule has 1 heterocycles. The van der Waals surface area contributed by atoms with Crippen LogP contribution in [0.2, 0.25) is 0 Å². The number of aliphatic hydroxyl groups is 2. The highest BCUT2D eigenvalue weighted by atomic mass is 16.3. The fraction of sp³-hybridized carbons (Fsp3) is 0.412. The third-order valence-electron chi connectivity index (χ3n) is 3.98. The van der Waals surface area contributed by atoms with Gasteiger partial charge in [0.1, 0.15) is 0 Å². The second kappa shape index (κ2) is 7.39. The molecule has 0 aromatic heterocycles. The van der Waals surface area contributed by atoms with Crippen molar-refractivity contribution < 1.29 is 25.1 Å². The summed E-state index contributed by atoms with van der Waals surface area (Å²) >= 11 is 0. The zero-order valence-electron chi connectivity index (χ0n) is 13.5. The summed E-state index contributed by atoms with van der Waals surface area (Å²) in [7, 11) is 0. The number of Topliss-reactive ketones (excluding diaryl/α,β-unsaturated/α-hetero) is 1. The normalized spacial score (nSPS) is 18.0. The second-order valence-electron chi connectivity index (χ2n) is 5.72. The van der Waals surface area contributed by atoms with Crippen molar-refractivity contribution in [3.63, 3.8) is 0 Å². The van der Waals surface area contributed by atoms with Crippen molar-refractivity contribution in [2.45, 2.75) is 19.9 Å². The molecule has 2 rings (SSSR count). The van der Waals surface area contributed by atoms with Crippen LogP contribution in [-0.2, 0) is 9.59 Å². The second-order valence-corrected chi connectivity index (χ2v) is 5.72. The zero-order valence-corrected chi connectivity index (χ0v) is 13.5. The average Bonchev–Trinajstić information content (AvgIpc) is 2.77. The van der Waals surface area contributed by atoms with E-state index >= 15 is 0 Å². The number of hydrogen-bond donors (Lipinski definition) is 3. The lowest BCUT2D eigenvalue weighted by atomic mass is 9.96. The van der Waals surface area contributed by atoms with Crippen molar-refractivity contribution in [1.82, 2.24) is 4.90 Å². The smallest absolute Gasteiger partial charge is 0.290 e. The van der Waals surface area contributed by atoms with Crippen LogP contribution in [-0.4, -0.2) is 53.0 Å². The number of carbonyl (C=O) groups is 2. The predicted molar refractivity (Wildman–Crippen MR) is 84.7 cm³/mol. The molecule has 1 aromatic rings. The third-order valence-corrected chi connectivity index (χ3v) is 3.98. The largest absolute Gasteiger partial charge is 0.503 e. The van der Waals surface area contributed by atoms with E-state index in [-0.39, 0.29) is 18.0 Å². The van der Waals surface area contributed by atoms with Crippen LogP contribution in [0.4, 0.5) is 0 Å². The number of quaternary nitrogens is 1. The van der Waals surface area contributed by atoms with Crippen LogP contribution in [0.25, 0.3) is 0 Å². The van der Waals surface area contributed by atoms with Crippen molar-refractivity contribution in [3.8, 4) is 0 Å². The molecule has 0 fully saturated rings. The van der Waals surface area contributed by atoms with Crippen LogP contribution in [0.5, 0.6) is 0 Å². The van der Waals surface area contributed by atoms with E-state index in [4.69, 9.17) is 5.11 Å². The fourth-order valence-electron chi connectivity index (χ4n) is 2.81. The molecule has 0 aliphatic carbocycles. The first-order valence-corrected chi connectivity index (χ1v) is 7.71. The summed E-state index contributed by atoms with van der Waals surface area (Å²) in [4.78, 5) is 25.8. The van der Waals surface area contributed by atoms with Gasteiger partial charge < -0.3 is 20.4 Å². The molecule has 1 aromatic carbocycles. The number of benzene rings is 1. The number of hydrogen-bond acceptors (Lipinski definition) is 4. The lowest BCUT2D eigenvalue weighted by molar-refractivity contribution is -0.655. The summed E-state index contributed by atoms with van der Waals surface area (Å²) in [5.74, 6) is -1.27. The Labute approximate surface area is 135 Å². The Morgan fingerprint density at radius 2 is 1.91 bits per heavy atom. The first kappa shape index (κ1) is 17.2. The van der Waals surface area contributed by atoms with E-state index < -0.39 is 17.7 Å². The molecule has 1 atom stereocenters. The lowest BCUT2D eigenvalue weighted by Crippen LogP contribution is -2.86. The van der Waals surface area contributed by atoms with Crippen molar-refractivity contribution in [2.75, 3.05) is 26.2 Å². The number of amides is 1. The molecule has 6 nitrogen and oxygen atoms in total. The molecule has 23 heavy (non-hydrogen) atoms. The quantitative estimate of drug-likeness (QED) is 0.609. The first-order chi connectivity index (χ1) is 11.0. The van der Waals surface area contributed by atoms with Gasteiger partial charge in [0.25, 0.3) is 5.91 Å². The van der Waals surface area contributed by atoms with E-state index in [1.165, 1.54) is 11.8 Å². The molecule has 0 saturated heterocycles. The van der Waals surface area contributed by atoms with Crippen LogP contribution >= 0.6 is 0 Å². The highest BCUT2D eigenvalue weighted by Crippen LogP contribution is 2.37. The summed E-state index contributed by atoms with van der Waals surface area (Å²) in [6.45, 7) is 4.92. The number of aryl methyl sites for hydroxylation is 1. The minimum atomic E-state index is -0.553. The average molecular weight is 319 g/mol. The Balaban J connectivity index is 2.31. The van der Waals surface area contributed by atoms with Gasteiger partial charge in [-0.1, -0.05) is 29.8 Å². The molecule has 0 radical (unpaired) electrons. The minimum Gasteiger partial charge on any atom is -0.503 e. The van der Waals surface area contributed by atoms with Crippen LogP contribution < -0.4 is 5.32 Å². The van der Waals surface area contributed by atoms with Crippen LogP contribution in [0, 0.1) is 6.92 Å². The van der Waals surface area contributed by atoms with E-state index in [0.29, 0.717) is 19.6 Å². The molecule has 4 N–H and O–H groups in total. The summed E-state index contributed by atoms with van der Waals surface area (Å²) in [6, 6.07) is 7.04. The van der Waals surface area contributed by atoms with E-state index in [1.54, 1.807) is 0 Å². The zero-order chi connectivity index (χ0) is 17.0. The van der Waals surface area contributed by atoms with Gasteiger partial charge in [0.15, 0.2) is 11.5 Å². The highest BCUT2D eigenvalue weighted by molar-refractivity contribution is 6.08. The number of aliphatic hydroxyl groups excluding tert-OH is 2. The lowest BCUT2D eigenvalue weighted by Gasteiger charge is -2.26. The maximum atomic E-state index is 12.3. The number of nitrogens with zero attached hydrogens (tertiary/aromatic N) is 1. The third kappa shape index (κ3) is 3.60. The minimum absolute atomic E-state index is 0.0670. The standard InChI is InChI=1S/C17H22N2O4/c1-11-3-5-13(6-4-11)15-14(12(2)21)16(22)17(23)19(15)9-7-18-8-10-20/h3-6,15,18,20,22H,7-10H2,1-2H3/p+1/t15-/m1/s1. The predicted octanol–water partition coefficient (Wildman–Crippen LogP) is -0.165. The molecule has 0 bridgehead atoms. The van der Waals surface area contributed by atoms with Gasteiger partial charge in [-0.25, -0.2) is 0 Å². The molecule has 0 saturated carbocycles. The van der Waals surface area contributed by atoms with Crippen molar-refractivity contribution in [2.24, 2.45) is 0 Å². The van der Waals surface area contributed by atoms with Crippen LogP contribution in [0.3, 0.4) is 0 Å². The first-order valence-electron chi connectivity index (χ1n) is 7.71. The van der Waals surface area contributed by atoms with E-state index in [1.807, 2.05) is 36.5 Å². The maximum absolute atomic E-state index is 12.3. The monoisotopic (exact) mass is 319 g/mol. The van der Waals surface area contributed by atoms with Gasteiger partial charge >= 0.3 is 0 Å². The van der Waals surface area contributed by atoms with E-state index in [0.717, 1.165) is 11.1 Å². The van der Waals surface area contributed by atoms with Gasteiger partial charge in [0, 0.05) is 0 Å². The number of nitrogens with two attached hydrogens (primary N) is 1. The summed E-state index contributed by atoms with van der Waals surface area (Å²) in [6.07, 6.45) is 0. The molecule has 1 aliphatic heterocycles. The van der Waals surface area contributed by atoms with Gasteiger partial charge in [-0.05, 0) is 19.4 Å². The number of rotatable bonds is 7. The Morgan fingerprint density at radius 3 is 2.48 bits per heavy atom. The summed E-state index contributed by atoms with van der Waals surface area (Å²) in [5.41, 5.74) is 2.04. The summed E-state index contributed by atoms with van der Waals surface area (Å²) < 4.78 is 0. The molecule has 6 heteroatoms. The molecule has 0 spiro atoms. The maximum Gasteiger partial charge on any atom is 0.290 e. The molecular weight excluding hydrogens is 296 g/mol. The van der Waals surface area contributed by atoms with Gasteiger partial charge in [-0.2, -0.15) is 0 Å². The highest BCUT2D eigenvalue weighted by Gasteiger charge is 2.42.